The minimum absolute atomic E-state index is 0.270. The standard InChI is InChI=1S/C20H17N3O4/c1-23(12-15-11-16(22-27-15)13-6-8-21-9-7-13)19(20(24)25)18-10-14-4-2-3-5-17(14)26-18/h2-11,19H,12H2,1H3,(H,24,25). The van der Waals surface area contributed by atoms with Crippen LogP contribution in [0.3, 0.4) is 0 Å². The highest BCUT2D eigenvalue weighted by Gasteiger charge is 2.29. The van der Waals surface area contributed by atoms with Crippen molar-refractivity contribution in [3.8, 4) is 11.3 Å². The van der Waals surface area contributed by atoms with E-state index in [1.54, 1.807) is 36.5 Å². The first kappa shape index (κ1) is 17.0. The molecule has 0 saturated carbocycles. The highest BCUT2D eigenvalue weighted by molar-refractivity contribution is 5.81. The van der Waals surface area contributed by atoms with Crippen LogP contribution in [-0.4, -0.2) is 33.2 Å². The second-order valence-electron chi connectivity index (χ2n) is 6.26. The number of rotatable bonds is 6. The average Bonchev–Trinajstić information content (AvgIpc) is 3.29. The van der Waals surface area contributed by atoms with Crippen LogP contribution in [0, 0.1) is 0 Å². The van der Waals surface area contributed by atoms with Crippen LogP contribution in [0.15, 0.2) is 69.9 Å². The second-order valence-corrected chi connectivity index (χ2v) is 6.26. The third-order valence-electron chi connectivity index (χ3n) is 4.33. The molecule has 7 heteroatoms. The molecule has 4 aromatic rings. The summed E-state index contributed by atoms with van der Waals surface area (Å²) in [6.07, 6.45) is 3.36. The first-order valence-corrected chi connectivity index (χ1v) is 8.39. The van der Waals surface area contributed by atoms with E-state index < -0.39 is 12.0 Å². The molecule has 0 aliphatic rings. The molecule has 1 atom stereocenters. The first-order chi connectivity index (χ1) is 13.1. The van der Waals surface area contributed by atoms with Crippen LogP contribution in [0.2, 0.25) is 0 Å². The van der Waals surface area contributed by atoms with Crippen molar-refractivity contribution < 1.29 is 18.8 Å². The Balaban J connectivity index is 1.57. The number of benzene rings is 1. The maximum Gasteiger partial charge on any atom is 0.328 e. The Bertz CT molecular complexity index is 1040. The van der Waals surface area contributed by atoms with Crippen molar-refractivity contribution in [3.05, 3.63) is 72.4 Å². The van der Waals surface area contributed by atoms with Gasteiger partial charge in [-0.25, -0.2) is 0 Å². The number of para-hydroxylation sites is 1. The lowest BCUT2D eigenvalue weighted by Gasteiger charge is -2.21. The van der Waals surface area contributed by atoms with Crippen LogP contribution in [0.1, 0.15) is 17.6 Å². The molecular formula is C20H17N3O4. The zero-order chi connectivity index (χ0) is 18.8. The van der Waals surface area contributed by atoms with E-state index >= 15 is 0 Å². The number of nitrogens with zero attached hydrogens (tertiary/aromatic N) is 3. The molecule has 0 aliphatic carbocycles. The average molecular weight is 363 g/mol. The predicted octanol–water partition coefficient (Wildman–Crippen LogP) is 3.74. The Labute approximate surface area is 154 Å². The van der Waals surface area contributed by atoms with Gasteiger partial charge in [0.25, 0.3) is 0 Å². The van der Waals surface area contributed by atoms with E-state index in [0.717, 1.165) is 10.9 Å². The third-order valence-corrected chi connectivity index (χ3v) is 4.33. The van der Waals surface area contributed by atoms with E-state index in [1.165, 1.54) is 0 Å². The molecule has 7 nitrogen and oxygen atoms in total. The monoisotopic (exact) mass is 363 g/mol. The van der Waals surface area contributed by atoms with Gasteiger partial charge in [-0.05, 0) is 31.3 Å². The molecule has 3 aromatic heterocycles. The first-order valence-electron chi connectivity index (χ1n) is 8.39. The van der Waals surface area contributed by atoms with E-state index in [0.29, 0.717) is 22.8 Å². The number of aromatic nitrogens is 2. The minimum atomic E-state index is -0.995. The molecular weight excluding hydrogens is 346 g/mol. The summed E-state index contributed by atoms with van der Waals surface area (Å²) in [5.74, 6) is -0.0582. The number of fused-ring (bicyclic) bond motifs is 1. The van der Waals surface area contributed by atoms with Gasteiger partial charge in [-0.15, -0.1) is 0 Å². The van der Waals surface area contributed by atoms with E-state index in [9.17, 15) is 9.90 Å². The number of carboxylic acid groups (broad SMARTS) is 1. The topological polar surface area (TPSA) is 92.6 Å². The maximum absolute atomic E-state index is 11.9. The van der Waals surface area contributed by atoms with Gasteiger partial charge >= 0.3 is 5.97 Å². The van der Waals surface area contributed by atoms with Crippen LogP contribution in [0.25, 0.3) is 22.2 Å². The van der Waals surface area contributed by atoms with Crippen molar-refractivity contribution in [3.63, 3.8) is 0 Å². The molecule has 0 saturated heterocycles. The molecule has 0 radical (unpaired) electrons. The van der Waals surface area contributed by atoms with E-state index in [4.69, 9.17) is 8.94 Å². The number of likely N-dealkylation sites (N-methyl/N-ethyl adjacent to an activating group) is 1. The van der Waals surface area contributed by atoms with Gasteiger partial charge in [0, 0.05) is 29.4 Å². The van der Waals surface area contributed by atoms with Gasteiger partial charge in [-0.2, -0.15) is 0 Å². The molecule has 0 bridgehead atoms. The molecule has 3 heterocycles. The summed E-state index contributed by atoms with van der Waals surface area (Å²) >= 11 is 0. The molecule has 1 N–H and O–H groups in total. The van der Waals surface area contributed by atoms with Crippen molar-refractivity contribution >= 4 is 16.9 Å². The van der Waals surface area contributed by atoms with Gasteiger partial charge < -0.3 is 14.0 Å². The largest absolute Gasteiger partial charge is 0.480 e. The minimum Gasteiger partial charge on any atom is -0.480 e. The lowest BCUT2D eigenvalue weighted by atomic mass is 10.1. The van der Waals surface area contributed by atoms with Gasteiger partial charge in [-0.3, -0.25) is 14.7 Å². The molecule has 1 unspecified atom stereocenters. The highest BCUT2D eigenvalue weighted by atomic mass is 16.5. The molecule has 4 rings (SSSR count). The lowest BCUT2D eigenvalue weighted by molar-refractivity contribution is -0.144. The van der Waals surface area contributed by atoms with E-state index in [1.807, 2.05) is 36.4 Å². The summed E-state index contributed by atoms with van der Waals surface area (Å²) < 4.78 is 11.1. The van der Waals surface area contributed by atoms with Crippen LogP contribution < -0.4 is 0 Å². The Morgan fingerprint density at radius 3 is 2.70 bits per heavy atom. The number of furan rings is 1. The zero-order valence-electron chi connectivity index (χ0n) is 14.6. The zero-order valence-corrected chi connectivity index (χ0v) is 14.6. The van der Waals surface area contributed by atoms with Gasteiger partial charge in [0.2, 0.25) is 0 Å². The molecule has 136 valence electrons. The summed E-state index contributed by atoms with van der Waals surface area (Å²) in [4.78, 5) is 17.5. The Morgan fingerprint density at radius 2 is 1.96 bits per heavy atom. The Morgan fingerprint density at radius 1 is 1.19 bits per heavy atom. The smallest absolute Gasteiger partial charge is 0.328 e. The summed E-state index contributed by atoms with van der Waals surface area (Å²) in [5, 5.41) is 14.6. The van der Waals surface area contributed by atoms with Crippen molar-refractivity contribution in [1.82, 2.24) is 15.0 Å². The van der Waals surface area contributed by atoms with Crippen LogP contribution in [-0.2, 0) is 11.3 Å². The summed E-state index contributed by atoms with van der Waals surface area (Å²) in [5.41, 5.74) is 2.22. The summed E-state index contributed by atoms with van der Waals surface area (Å²) in [6.45, 7) is 0.270. The maximum atomic E-state index is 11.9. The fraction of sp³-hybridized carbons (Fsp3) is 0.150. The van der Waals surface area contributed by atoms with Crippen molar-refractivity contribution in [2.45, 2.75) is 12.6 Å². The number of carboxylic acids is 1. The fourth-order valence-electron chi connectivity index (χ4n) is 3.05. The summed E-state index contributed by atoms with van der Waals surface area (Å²) in [7, 11) is 1.71. The molecule has 0 amide bonds. The number of pyridine rings is 1. The molecule has 0 aliphatic heterocycles. The molecule has 0 spiro atoms. The third kappa shape index (κ3) is 3.45. The number of carbonyl (C=O) groups is 1. The SMILES string of the molecule is CN(Cc1cc(-c2ccncc2)no1)C(C(=O)O)c1cc2ccccc2o1. The normalized spacial score (nSPS) is 12.5. The van der Waals surface area contributed by atoms with E-state index in [2.05, 4.69) is 10.1 Å². The highest BCUT2D eigenvalue weighted by Crippen LogP contribution is 2.29. The molecule has 27 heavy (non-hydrogen) atoms. The van der Waals surface area contributed by atoms with Gasteiger partial charge in [-0.1, -0.05) is 23.4 Å². The quantitative estimate of drug-likeness (QED) is 0.558. The number of hydrogen-bond donors (Lipinski definition) is 1. The van der Waals surface area contributed by atoms with Crippen molar-refractivity contribution in [2.24, 2.45) is 0 Å². The van der Waals surface area contributed by atoms with Gasteiger partial charge in [0.05, 0.1) is 6.54 Å². The van der Waals surface area contributed by atoms with Crippen molar-refractivity contribution in [1.29, 1.82) is 0 Å². The van der Waals surface area contributed by atoms with Gasteiger partial charge in [0.1, 0.15) is 17.0 Å². The predicted molar refractivity (Wildman–Crippen MR) is 97.8 cm³/mol. The molecule has 1 aromatic carbocycles. The van der Waals surface area contributed by atoms with Crippen LogP contribution in [0.5, 0.6) is 0 Å². The molecule has 0 fully saturated rings. The number of aliphatic carboxylic acids is 1. The Kier molecular flexibility index (Phi) is 4.43. The van der Waals surface area contributed by atoms with Crippen LogP contribution >= 0.6 is 0 Å². The van der Waals surface area contributed by atoms with Crippen molar-refractivity contribution in [2.75, 3.05) is 7.05 Å². The lowest BCUT2D eigenvalue weighted by Crippen LogP contribution is -2.30. The van der Waals surface area contributed by atoms with Crippen LogP contribution in [0.4, 0.5) is 0 Å². The number of hydrogen-bond acceptors (Lipinski definition) is 6. The second kappa shape index (κ2) is 7.05. The fourth-order valence-corrected chi connectivity index (χ4v) is 3.05. The summed E-state index contributed by atoms with van der Waals surface area (Å²) in [6, 6.07) is 13.7. The van der Waals surface area contributed by atoms with E-state index in [-0.39, 0.29) is 6.54 Å². The van der Waals surface area contributed by atoms with Gasteiger partial charge in [0.15, 0.2) is 11.8 Å². The Hall–Kier alpha value is -3.45.